The maximum atomic E-state index is 10.9. The second-order valence-electron chi connectivity index (χ2n) is 10.9. The van der Waals surface area contributed by atoms with Gasteiger partial charge in [0.25, 0.3) is 0 Å². The molecule has 0 aromatic carbocycles. The van der Waals surface area contributed by atoms with E-state index in [1.54, 1.807) is 66.2 Å². The van der Waals surface area contributed by atoms with Crippen LogP contribution in [0.3, 0.4) is 0 Å². The highest BCUT2D eigenvalue weighted by atomic mass is 16.6. The molecule has 2 bridgehead atoms. The number of rotatable bonds is 16. The van der Waals surface area contributed by atoms with Crippen LogP contribution in [0.4, 0.5) is 9.59 Å². The van der Waals surface area contributed by atoms with Crippen molar-refractivity contribution in [1.29, 1.82) is 0 Å². The molecule has 12 nitrogen and oxygen atoms in total. The summed E-state index contributed by atoms with van der Waals surface area (Å²) >= 11 is 0. The highest BCUT2D eigenvalue weighted by Crippen LogP contribution is 2.58. The van der Waals surface area contributed by atoms with Crippen molar-refractivity contribution in [2.24, 2.45) is 23.7 Å². The molecule has 0 spiro atoms. The Kier molecular flexibility index (Phi) is 20.6. The zero-order valence-electron chi connectivity index (χ0n) is 27.1. The molecule has 3 aliphatic rings. The van der Waals surface area contributed by atoms with Gasteiger partial charge in [0.15, 0.2) is 0 Å². The van der Waals surface area contributed by atoms with Crippen molar-refractivity contribution >= 4 is 24.1 Å². The lowest BCUT2D eigenvalue weighted by Crippen LogP contribution is -2.28. The van der Waals surface area contributed by atoms with Gasteiger partial charge in [-0.2, -0.15) is 0 Å². The number of fused-ring (bicyclic) bond motifs is 5. The predicted octanol–water partition coefficient (Wildman–Crippen LogP) is 4.57. The fourth-order valence-electron chi connectivity index (χ4n) is 5.67. The van der Waals surface area contributed by atoms with Crippen molar-refractivity contribution in [1.82, 2.24) is 10.6 Å². The zero-order valence-corrected chi connectivity index (χ0v) is 27.1. The van der Waals surface area contributed by atoms with E-state index in [0.717, 1.165) is 0 Å². The van der Waals surface area contributed by atoms with Crippen LogP contribution < -0.4 is 10.6 Å². The Balaban J connectivity index is 0.000000338. The Morgan fingerprint density at radius 3 is 1.39 bits per heavy atom. The molecule has 4 unspecified atom stereocenters. The molecule has 0 aliphatic heterocycles. The summed E-state index contributed by atoms with van der Waals surface area (Å²) < 4.78 is 29.1. The minimum absolute atomic E-state index is 0.172. The Morgan fingerprint density at radius 2 is 1.02 bits per heavy atom. The molecule has 3 rings (SSSR count). The summed E-state index contributed by atoms with van der Waals surface area (Å²) in [7, 11) is 0. The summed E-state index contributed by atoms with van der Waals surface area (Å²) in [6.07, 6.45) is 8.60. The van der Waals surface area contributed by atoms with Crippen molar-refractivity contribution < 1.29 is 47.6 Å². The number of alkyl carbamates (subject to hydrolysis) is 2. The van der Waals surface area contributed by atoms with Crippen molar-refractivity contribution in [3.63, 3.8) is 0 Å². The standard InChI is InChI=1S/2C11H19NO5.C10H16/c2*1-4-16-11(14)12-5-6-15-7-8-17-10(13)9(2)3;1-2-9-7-4-5-8(6-7)10(9)3-1/h2*2,4-8H2,1,3H3,(H,12,14);7-10H,1-6H2. The lowest BCUT2D eigenvalue weighted by atomic mass is 9.82. The van der Waals surface area contributed by atoms with Gasteiger partial charge in [-0.15, -0.1) is 0 Å². The molecule has 2 amide bonds. The summed E-state index contributed by atoms with van der Waals surface area (Å²) in [5, 5.41) is 4.99. The number of hydrogen-bond acceptors (Lipinski definition) is 10. The monoisotopic (exact) mass is 626 g/mol. The second-order valence-corrected chi connectivity index (χ2v) is 10.9. The molecule has 252 valence electrons. The first-order valence-corrected chi connectivity index (χ1v) is 15.7. The van der Waals surface area contributed by atoms with Gasteiger partial charge in [0.2, 0.25) is 0 Å². The zero-order chi connectivity index (χ0) is 32.7. The lowest BCUT2D eigenvalue weighted by Gasteiger charge is -2.23. The maximum absolute atomic E-state index is 10.9. The van der Waals surface area contributed by atoms with E-state index in [4.69, 9.17) is 18.9 Å². The van der Waals surface area contributed by atoms with Gasteiger partial charge in [0.1, 0.15) is 13.2 Å². The van der Waals surface area contributed by atoms with Crippen molar-refractivity contribution in [3.8, 4) is 0 Å². The number of amides is 2. The summed E-state index contributed by atoms with van der Waals surface area (Å²) in [6.45, 7) is 16.5. The number of nitrogens with one attached hydrogen (secondary N) is 2. The molecule has 12 heteroatoms. The fraction of sp³-hybridized carbons (Fsp3) is 0.750. The minimum atomic E-state index is -0.468. The van der Waals surface area contributed by atoms with Gasteiger partial charge in [0, 0.05) is 24.2 Å². The Labute approximate surface area is 262 Å². The van der Waals surface area contributed by atoms with Crippen LogP contribution in [-0.2, 0) is 38.0 Å². The lowest BCUT2D eigenvalue weighted by molar-refractivity contribution is -0.141. The van der Waals surface area contributed by atoms with Gasteiger partial charge in [-0.3, -0.25) is 0 Å². The number of hydrogen-bond donors (Lipinski definition) is 2. The van der Waals surface area contributed by atoms with E-state index in [9.17, 15) is 19.2 Å². The van der Waals surface area contributed by atoms with Gasteiger partial charge in [-0.1, -0.05) is 19.6 Å². The summed E-state index contributed by atoms with van der Waals surface area (Å²) in [5.74, 6) is 3.93. The third-order valence-corrected chi connectivity index (χ3v) is 7.55. The molecule has 4 atom stereocenters. The highest BCUT2D eigenvalue weighted by molar-refractivity contribution is 5.87. The van der Waals surface area contributed by atoms with Crippen LogP contribution in [0, 0.1) is 23.7 Å². The van der Waals surface area contributed by atoms with Crippen molar-refractivity contribution in [2.45, 2.75) is 66.2 Å². The normalized spacial score (nSPS) is 20.5. The van der Waals surface area contributed by atoms with Gasteiger partial charge in [-0.25, -0.2) is 19.2 Å². The summed E-state index contributed by atoms with van der Waals surface area (Å²) in [6, 6.07) is 0. The average molecular weight is 627 g/mol. The van der Waals surface area contributed by atoms with Crippen LogP contribution in [0.1, 0.15) is 66.2 Å². The van der Waals surface area contributed by atoms with Gasteiger partial charge in [-0.05, 0) is 83.5 Å². The molecule has 3 fully saturated rings. The summed E-state index contributed by atoms with van der Waals surface area (Å²) in [5.41, 5.74) is 0.711. The number of carbonyl (C=O) groups is 4. The van der Waals surface area contributed by atoms with Crippen LogP contribution in [0.5, 0.6) is 0 Å². The van der Waals surface area contributed by atoms with E-state index < -0.39 is 24.1 Å². The van der Waals surface area contributed by atoms with E-state index in [2.05, 4.69) is 33.3 Å². The van der Waals surface area contributed by atoms with E-state index in [-0.39, 0.29) is 26.4 Å². The molecular formula is C32H54N2O10. The number of esters is 2. The SMILES string of the molecule is C1CC2C3CCC(C3)C2C1.C=C(C)C(=O)OCCOCCNC(=O)OCC.C=C(C)C(=O)OCCOCCNC(=O)OCC. The van der Waals surface area contributed by atoms with Crippen molar-refractivity contribution in [3.05, 3.63) is 24.3 Å². The van der Waals surface area contributed by atoms with Crippen LogP contribution in [-0.4, -0.2) is 90.1 Å². The molecule has 0 aromatic rings. The topological polar surface area (TPSA) is 148 Å². The van der Waals surface area contributed by atoms with Gasteiger partial charge < -0.3 is 39.1 Å². The Morgan fingerprint density at radius 1 is 0.614 bits per heavy atom. The quantitative estimate of drug-likeness (QED) is 0.108. The first-order valence-electron chi connectivity index (χ1n) is 15.7. The van der Waals surface area contributed by atoms with Crippen LogP contribution in [0.25, 0.3) is 0 Å². The smallest absolute Gasteiger partial charge is 0.407 e. The average Bonchev–Trinajstić information content (AvgIpc) is 3.73. The van der Waals surface area contributed by atoms with Crippen LogP contribution in [0.2, 0.25) is 0 Å². The van der Waals surface area contributed by atoms with E-state index in [1.165, 1.54) is 23.7 Å². The van der Waals surface area contributed by atoms with E-state index in [0.29, 0.717) is 50.7 Å². The van der Waals surface area contributed by atoms with E-state index >= 15 is 0 Å². The second kappa shape index (κ2) is 23.3. The first-order chi connectivity index (χ1) is 21.1. The molecule has 0 saturated heterocycles. The maximum Gasteiger partial charge on any atom is 0.407 e. The molecule has 0 aromatic heterocycles. The molecule has 3 saturated carbocycles. The molecule has 0 heterocycles. The summed E-state index contributed by atoms with van der Waals surface area (Å²) in [4.78, 5) is 43.5. The van der Waals surface area contributed by atoms with Crippen molar-refractivity contribution in [2.75, 3.05) is 65.9 Å². The number of carbonyl (C=O) groups excluding carboxylic acids is 4. The molecular weight excluding hydrogens is 572 g/mol. The van der Waals surface area contributed by atoms with Crippen LogP contribution >= 0.6 is 0 Å². The fourth-order valence-corrected chi connectivity index (χ4v) is 5.67. The molecule has 0 radical (unpaired) electrons. The largest absolute Gasteiger partial charge is 0.460 e. The predicted molar refractivity (Wildman–Crippen MR) is 165 cm³/mol. The molecule has 44 heavy (non-hydrogen) atoms. The molecule has 2 N–H and O–H groups in total. The van der Waals surface area contributed by atoms with Gasteiger partial charge >= 0.3 is 24.1 Å². The third kappa shape index (κ3) is 16.7. The Hall–Kier alpha value is -3.12. The minimum Gasteiger partial charge on any atom is -0.460 e. The molecule has 3 aliphatic carbocycles. The number of ether oxygens (including phenoxy) is 6. The van der Waals surface area contributed by atoms with Crippen LogP contribution in [0.15, 0.2) is 24.3 Å². The van der Waals surface area contributed by atoms with E-state index in [1.807, 2.05) is 0 Å². The highest BCUT2D eigenvalue weighted by Gasteiger charge is 2.48. The van der Waals surface area contributed by atoms with Gasteiger partial charge in [0.05, 0.1) is 39.6 Å². The first kappa shape index (κ1) is 38.9. The third-order valence-electron chi connectivity index (χ3n) is 7.55. The Bertz CT molecular complexity index is 839.